The Morgan fingerprint density at radius 3 is 2.56 bits per heavy atom. The van der Waals surface area contributed by atoms with Crippen molar-refractivity contribution < 1.29 is 4.79 Å². The molecular weight excluding hydrogens is 308 g/mol. The lowest BCUT2D eigenvalue weighted by Crippen LogP contribution is -2.40. The van der Waals surface area contributed by atoms with Crippen LogP contribution in [0.15, 0.2) is 24.3 Å². The third-order valence-electron chi connectivity index (χ3n) is 5.84. The highest BCUT2D eigenvalue weighted by atomic mass is 16.1. The molecule has 1 aromatic carbocycles. The third-order valence-corrected chi connectivity index (χ3v) is 5.84. The number of hydrogen-bond donors (Lipinski definition) is 1. The van der Waals surface area contributed by atoms with E-state index in [2.05, 4.69) is 69.3 Å². The largest absolute Gasteiger partial charge is 0.353 e. The molecule has 0 bridgehead atoms. The van der Waals surface area contributed by atoms with Crippen LogP contribution < -0.4 is 5.32 Å². The van der Waals surface area contributed by atoms with Crippen molar-refractivity contribution in [3.63, 3.8) is 0 Å². The number of aryl methyl sites for hydroxylation is 1. The number of amides is 1. The van der Waals surface area contributed by atoms with Gasteiger partial charge < -0.3 is 10.2 Å². The third kappa shape index (κ3) is 5.85. The van der Waals surface area contributed by atoms with Gasteiger partial charge in [-0.3, -0.25) is 4.79 Å². The summed E-state index contributed by atoms with van der Waals surface area (Å²) in [7, 11) is 4.30. The summed E-state index contributed by atoms with van der Waals surface area (Å²) in [6, 6.07) is 9.45. The number of hydrogen-bond acceptors (Lipinski definition) is 2. The van der Waals surface area contributed by atoms with Crippen molar-refractivity contribution in [3.8, 4) is 0 Å². The zero-order chi connectivity index (χ0) is 18.4. The minimum atomic E-state index is 0.0261. The van der Waals surface area contributed by atoms with E-state index in [0.717, 1.165) is 19.3 Å². The van der Waals surface area contributed by atoms with Crippen LogP contribution in [-0.2, 0) is 10.2 Å². The minimum Gasteiger partial charge on any atom is -0.353 e. The Kier molecular flexibility index (Phi) is 7.06. The Balaban J connectivity index is 1.88. The van der Waals surface area contributed by atoms with Crippen molar-refractivity contribution in [2.24, 2.45) is 0 Å². The fourth-order valence-corrected chi connectivity index (χ4v) is 4.13. The van der Waals surface area contributed by atoms with E-state index in [-0.39, 0.29) is 11.3 Å². The van der Waals surface area contributed by atoms with Crippen molar-refractivity contribution in [1.29, 1.82) is 0 Å². The van der Waals surface area contributed by atoms with Crippen LogP contribution in [0.5, 0.6) is 0 Å². The molecule has 0 aliphatic heterocycles. The molecule has 0 saturated heterocycles. The Morgan fingerprint density at radius 1 is 1.20 bits per heavy atom. The summed E-state index contributed by atoms with van der Waals surface area (Å²) in [5.41, 5.74) is 2.69. The summed E-state index contributed by atoms with van der Waals surface area (Å²) >= 11 is 0. The van der Waals surface area contributed by atoms with E-state index in [4.69, 9.17) is 0 Å². The van der Waals surface area contributed by atoms with Crippen LogP contribution in [0.3, 0.4) is 0 Å². The lowest BCUT2D eigenvalue weighted by molar-refractivity contribution is -0.122. The number of carbonyl (C=O) groups is 1. The van der Waals surface area contributed by atoms with Gasteiger partial charge >= 0.3 is 0 Å². The Labute approximate surface area is 154 Å². The molecule has 140 valence electrons. The zero-order valence-electron chi connectivity index (χ0n) is 16.8. The molecule has 0 radical (unpaired) electrons. The summed E-state index contributed by atoms with van der Waals surface area (Å²) in [5, 5.41) is 3.32. The summed E-state index contributed by atoms with van der Waals surface area (Å²) in [6.45, 7) is 6.65. The average molecular weight is 345 g/mol. The first kappa shape index (κ1) is 20.0. The summed E-state index contributed by atoms with van der Waals surface area (Å²) in [5.74, 6) is 0.214. The summed E-state index contributed by atoms with van der Waals surface area (Å²) < 4.78 is 0. The summed E-state index contributed by atoms with van der Waals surface area (Å²) in [4.78, 5) is 14.8. The molecule has 1 fully saturated rings. The molecule has 1 aromatic rings. The van der Waals surface area contributed by atoms with Crippen molar-refractivity contribution in [2.45, 2.75) is 83.2 Å². The van der Waals surface area contributed by atoms with Crippen LogP contribution in [0.25, 0.3) is 0 Å². The summed E-state index contributed by atoms with van der Waals surface area (Å²) in [6.07, 6.45) is 7.44. The second-order valence-electron chi connectivity index (χ2n) is 8.60. The average Bonchev–Trinajstić information content (AvgIpc) is 2.79. The lowest BCUT2D eigenvalue weighted by atomic mass is 9.78. The maximum absolute atomic E-state index is 12.5. The quantitative estimate of drug-likeness (QED) is 0.774. The minimum absolute atomic E-state index is 0.0261. The molecule has 0 heterocycles. The van der Waals surface area contributed by atoms with Gasteiger partial charge in [0.1, 0.15) is 0 Å². The zero-order valence-corrected chi connectivity index (χ0v) is 16.8. The van der Waals surface area contributed by atoms with Crippen LogP contribution in [-0.4, -0.2) is 37.0 Å². The van der Waals surface area contributed by atoms with Gasteiger partial charge in [0.2, 0.25) is 5.91 Å². The molecule has 0 spiro atoms. The molecule has 1 aliphatic carbocycles. The molecule has 1 amide bonds. The van der Waals surface area contributed by atoms with Crippen molar-refractivity contribution in [1.82, 2.24) is 10.2 Å². The van der Waals surface area contributed by atoms with Crippen LogP contribution in [0.2, 0.25) is 0 Å². The fraction of sp³-hybridized carbons (Fsp3) is 0.682. The van der Waals surface area contributed by atoms with E-state index in [1.165, 1.54) is 30.4 Å². The van der Waals surface area contributed by atoms with Gasteiger partial charge in [-0.05, 0) is 63.2 Å². The SMILES string of the molecule is Cc1ccccc1C(C)(C)CCC(=O)NC1CCCCC(N(C)C)C1. The number of benzene rings is 1. The standard InChI is InChI=1S/C22H36N2O/c1-17-10-6-9-13-20(17)22(2,3)15-14-21(25)23-18-11-7-8-12-19(16-18)24(4)5/h6,9-10,13,18-19H,7-8,11-12,14-16H2,1-5H3,(H,23,25). The highest BCUT2D eigenvalue weighted by Crippen LogP contribution is 2.30. The molecule has 2 rings (SSSR count). The van der Waals surface area contributed by atoms with E-state index in [1.807, 2.05) is 0 Å². The van der Waals surface area contributed by atoms with E-state index >= 15 is 0 Å². The van der Waals surface area contributed by atoms with Crippen molar-refractivity contribution in [3.05, 3.63) is 35.4 Å². The Bertz CT molecular complexity index is 565. The molecule has 0 aromatic heterocycles. The molecule has 1 saturated carbocycles. The first-order valence-electron chi connectivity index (χ1n) is 9.81. The molecule has 1 aliphatic rings. The molecule has 25 heavy (non-hydrogen) atoms. The lowest BCUT2D eigenvalue weighted by Gasteiger charge is -2.28. The van der Waals surface area contributed by atoms with Gasteiger partial charge in [-0.2, -0.15) is 0 Å². The van der Waals surface area contributed by atoms with Gasteiger partial charge in [0, 0.05) is 18.5 Å². The maximum atomic E-state index is 12.5. The Morgan fingerprint density at radius 2 is 1.88 bits per heavy atom. The van der Waals surface area contributed by atoms with E-state index in [1.54, 1.807) is 0 Å². The molecule has 2 atom stereocenters. The highest BCUT2D eigenvalue weighted by molar-refractivity contribution is 5.76. The smallest absolute Gasteiger partial charge is 0.220 e. The first-order valence-corrected chi connectivity index (χ1v) is 9.81. The molecule has 2 unspecified atom stereocenters. The highest BCUT2D eigenvalue weighted by Gasteiger charge is 2.25. The van der Waals surface area contributed by atoms with E-state index in [0.29, 0.717) is 18.5 Å². The predicted octanol–water partition coefficient (Wildman–Crippen LogP) is 4.43. The van der Waals surface area contributed by atoms with Crippen LogP contribution in [0.1, 0.15) is 69.9 Å². The van der Waals surface area contributed by atoms with E-state index in [9.17, 15) is 4.79 Å². The van der Waals surface area contributed by atoms with Gasteiger partial charge in [0.25, 0.3) is 0 Å². The van der Waals surface area contributed by atoms with Gasteiger partial charge in [-0.1, -0.05) is 51.0 Å². The van der Waals surface area contributed by atoms with Crippen molar-refractivity contribution >= 4 is 5.91 Å². The normalized spacial score (nSPS) is 21.8. The number of nitrogens with one attached hydrogen (secondary N) is 1. The predicted molar refractivity (Wildman–Crippen MR) is 106 cm³/mol. The molecule has 1 N–H and O–H groups in total. The van der Waals surface area contributed by atoms with Gasteiger partial charge in [0.05, 0.1) is 0 Å². The van der Waals surface area contributed by atoms with Gasteiger partial charge in [-0.15, -0.1) is 0 Å². The van der Waals surface area contributed by atoms with E-state index < -0.39 is 0 Å². The monoisotopic (exact) mass is 344 g/mol. The van der Waals surface area contributed by atoms with Crippen LogP contribution >= 0.6 is 0 Å². The number of carbonyl (C=O) groups excluding carboxylic acids is 1. The van der Waals surface area contributed by atoms with Crippen molar-refractivity contribution in [2.75, 3.05) is 14.1 Å². The second kappa shape index (κ2) is 8.84. The topological polar surface area (TPSA) is 32.3 Å². The van der Waals surface area contributed by atoms with Gasteiger partial charge in [-0.25, -0.2) is 0 Å². The fourth-order valence-electron chi connectivity index (χ4n) is 4.13. The molecule has 3 heteroatoms. The second-order valence-corrected chi connectivity index (χ2v) is 8.60. The maximum Gasteiger partial charge on any atom is 0.220 e. The first-order chi connectivity index (χ1) is 11.8. The molecule has 3 nitrogen and oxygen atoms in total. The van der Waals surface area contributed by atoms with Crippen LogP contribution in [0, 0.1) is 6.92 Å². The van der Waals surface area contributed by atoms with Gasteiger partial charge in [0.15, 0.2) is 0 Å². The van der Waals surface area contributed by atoms with Crippen LogP contribution in [0.4, 0.5) is 0 Å². The number of nitrogens with zero attached hydrogens (tertiary/aromatic N) is 1. The molecular formula is C22H36N2O. The number of rotatable bonds is 6. The Hall–Kier alpha value is -1.35.